The van der Waals surface area contributed by atoms with Crippen LogP contribution in [0.3, 0.4) is 0 Å². The van der Waals surface area contributed by atoms with Crippen LogP contribution in [0, 0.1) is 23.7 Å². The van der Waals surface area contributed by atoms with Crippen molar-refractivity contribution in [2.45, 2.75) is 125 Å². The minimum absolute atomic E-state index is 0.0613. The molecule has 0 amide bonds. The first kappa shape index (κ1) is 43.0. The van der Waals surface area contributed by atoms with Gasteiger partial charge in [0.05, 0.1) is 71.2 Å². The lowest BCUT2D eigenvalue weighted by Gasteiger charge is -2.23. The molecular formula is C46H51Cl5N2O8. The van der Waals surface area contributed by atoms with E-state index in [1.807, 2.05) is 18.2 Å². The highest BCUT2D eigenvalue weighted by molar-refractivity contribution is 6.39. The fraction of sp³-hybridized carbons (Fsp3) is 0.609. The molecule has 6 saturated carbocycles. The number of nitrogens with zero attached hydrogens (tertiary/aromatic N) is 2. The summed E-state index contributed by atoms with van der Waals surface area (Å²) in [5.74, 6) is 5.06. The van der Waals surface area contributed by atoms with E-state index < -0.39 is 0 Å². The van der Waals surface area contributed by atoms with Gasteiger partial charge in [0.15, 0.2) is 11.6 Å². The Bertz CT molecular complexity index is 2120. The molecule has 2 aromatic carbocycles. The van der Waals surface area contributed by atoms with Gasteiger partial charge in [-0.05, 0) is 99.3 Å². The van der Waals surface area contributed by atoms with E-state index in [0.717, 1.165) is 137 Å². The lowest BCUT2D eigenvalue weighted by molar-refractivity contribution is -0.157. The molecule has 1 N–H and O–H groups in total. The number of aliphatic hydroxyl groups excluding tert-OH is 1. The van der Waals surface area contributed by atoms with Crippen molar-refractivity contribution in [2.75, 3.05) is 26.4 Å². The smallest absolute Gasteiger partial charge is 0.169 e. The van der Waals surface area contributed by atoms with Crippen LogP contribution in [0.2, 0.25) is 20.1 Å². The molecule has 15 heteroatoms. The highest BCUT2D eigenvalue weighted by Crippen LogP contribution is 2.54. The van der Waals surface area contributed by atoms with Crippen LogP contribution in [0.15, 0.2) is 45.4 Å². The summed E-state index contributed by atoms with van der Waals surface area (Å²) in [5.41, 5.74) is 4.74. The molecule has 8 aliphatic rings. The predicted molar refractivity (Wildman–Crippen MR) is 232 cm³/mol. The third-order valence-corrected chi connectivity index (χ3v) is 15.6. The van der Waals surface area contributed by atoms with E-state index in [-0.39, 0.29) is 23.8 Å². The van der Waals surface area contributed by atoms with Gasteiger partial charge >= 0.3 is 0 Å². The lowest BCUT2D eigenvalue weighted by Crippen LogP contribution is -2.27. The van der Waals surface area contributed by atoms with Gasteiger partial charge in [-0.15, -0.1) is 11.6 Å². The average Bonchev–Trinajstić information content (AvgIpc) is 3.64. The maximum atomic E-state index is 9.48. The van der Waals surface area contributed by atoms with E-state index in [9.17, 15) is 5.11 Å². The quantitative estimate of drug-likeness (QED) is 0.171. The number of fused-ring (bicyclic) bond motifs is 2. The molecule has 61 heavy (non-hydrogen) atoms. The number of hydrogen-bond acceptors (Lipinski definition) is 10. The van der Waals surface area contributed by atoms with Crippen molar-refractivity contribution in [1.29, 1.82) is 0 Å². The molecule has 6 atom stereocenters. The lowest BCUT2D eigenvalue weighted by atomic mass is 10.0. The normalized spacial score (nSPS) is 29.1. The van der Waals surface area contributed by atoms with Crippen LogP contribution in [-0.4, -0.2) is 65.6 Å². The second kappa shape index (κ2) is 17.8. The highest BCUT2D eigenvalue weighted by atomic mass is 35.5. The van der Waals surface area contributed by atoms with Crippen molar-refractivity contribution in [3.8, 4) is 22.5 Å². The third-order valence-electron chi connectivity index (χ3n) is 14.1. The van der Waals surface area contributed by atoms with Crippen LogP contribution < -0.4 is 0 Å². The SMILES string of the molecule is ClCc1c(-c2c(Cl)cccc2Cl)noc1C1CC1.Clc1cccc(Cl)c1-c1noc(C2CC2)c1COC1C[C@@H]2CC3(C[C@@H]2C1)OCCO3.OC1C[C@@H]2CC3(C[C@@H]2C1)OCCO3. The van der Waals surface area contributed by atoms with Crippen LogP contribution in [0.4, 0.5) is 0 Å². The van der Waals surface area contributed by atoms with E-state index in [1.54, 1.807) is 18.2 Å². The number of alkyl halides is 1. The second-order valence-corrected chi connectivity index (χ2v) is 20.1. The molecule has 6 aliphatic carbocycles. The van der Waals surface area contributed by atoms with Crippen LogP contribution in [-0.2, 0) is 36.2 Å². The number of benzene rings is 2. The van der Waals surface area contributed by atoms with Gasteiger partial charge in [-0.3, -0.25) is 0 Å². The fourth-order valence-corrected chi connectivity index (χ4v) is 12.4. The molecule has 10 nitrogen and oxygen atoms in total. The molecule has 8 fully saturated rings. The van der Waals surface area contributed by atoms with E-state index in [1.165, 1.54) is 0 Å². The van der Waals surface area contributed by atoms with Gasteiger partial charge in [-0.1, -0.05) is 68.8 Å². The maximum Gasteiger partial charge on any atom is 0.169 e. The Balaban J connectivity index is 0.000000121. The van der Waals surface area contributed by atoms with E-state index in [0.29, 0.717) is 79.3 Å². The van der Waals surface area contributed by atoms with Gasteiger partial charge in [0, 0.05) is 59.8 Å². The number of ether oxygens (including phenoxy) is 5. The zero-order chi connectivity index (χ0) is 41.9. The zero-order valence-corrected chi connectivity index (χ0v) is 37.7. The fourth-order valence-electron chi connectivity index (χ4n) is 11.0. The van der Waals surface area contributed by atoms with Gasteiger partial charge in [0.1, 0.15) is 22.9 Å². The Morgan fingerprint density at radius 1 is 0.590 bits per heavy atom. The number of hydrogen-bond donors (Lipinski definition) is 1. The molecule has 4 aromatic rings. The van der Waals surface area contributed by atoms with Crippen molar-refractivity contribution in [3.63, 3.8) is 0 Å². The first-order chi connectivity index (χ1) is 29.6. The average molecular weight is 937 g/mol. The third kappa shape index (κ3) is 8.92. The molecule has 12 rings (SSSR count). The first-order valence-corrected chi connectivity index (χ1v) is 23.9. The van der Waals surface area contributed by atoms with Crippen molar-refractivity contribution in [2.24, 2.45) is 23.7 Å². The Morgan fingerprint density at radius 2 is 0.984 bits per heavy atom. The molecule has 0 radical (unpaired) electrons. The van der Waals surface area contributed by atoms with Gasteiger partial charge in [-0.25, -0.2) is 0 Å². The summed E-state index contributed by atoms with van der Waals surface area (Å²) in [5, 5.41) is 20.2. The Morgan fingerprint density at radius 3 is 1.39 bits per heavy atom. The number of halogens is 5. The van der Waals surface area contributed by atoms with Gasteiger partial charge < -0.3 is 37.8 Å². The first-order valence-electron chi connectivity index (χ1n) is 21.9. The van der Waals surface area contributed by atoms with E-state index in [4.69, 9.17) is 90.7 Å². The van der Waals surface area contributed by atoms with E-state index in [2.05, 4.69) is 10.3 Å². The minimum atomic E-state index is -0.304. The molecule has 2 aliphatic heterocycles. The van der Waals surface area contributed by atoms with E-state index >= 15 is 0 Å². The Hall–Kier alpha value is -1.93. The molecule has 2 spiro atoms. The molecule has 0 bridgehead atoms. The van der Waals surface area contributed by atoms with Crippen LogP contribution in [0.1, 0.15) is 112 Å². The standard InChI is InChI=1S/C23H25Cl2NO4.C13H10Cl3NO.C10H16O3/c24-18-2-1-3-19(25)20(18)21-17(22(30-26-21)13-4-5-13)12-27-16-8-14-10-23(11-15(14)9-16)28-6-7-29-23;14-6-8-12(17-18-13(8)7-4-5-7)11-9(15)2-1-3-10(11)16;11-9-3-7-5-10(6-8(7)4-9)12-1-2-13-10/h1-3,13-16H,4-12H2;1-3,7H,4-6H2;7-9,11H,1-6H2/t14-,15+,16?;;7-,8+,9?. The van der Waals surface area contributed by atoms with Crippen LogP contribution in [0.5, 0.6) is 0 Å². The van der Waals surface area contributed by atoms with Crippen molar-refractivity contribution < 1.29 is 37.8 Å². The summed E-state index contributed by atoms with van der Waals surface area (Å²) >= 11 is 31.3. The molecular weight excluding hydrogens is 886 g/mol. The molecule has 2 saturated heterocycles. The maximum absolute atomic E-state index is 9.48. The minimum Gasteiger partial charge on any atom is -0.393 e. The summed E-state index contributed by atoms with van der Waals surface area (Å²) in [6, 6.07) is 10.9. The number of aliphatic hydroxyl groups is 1. The van der Waals surface area contributed by atoms with Gasteiger partial charge in [0.2, 0.25) is 0 Å². The summed E-state index contributed by atoms with van der Waals surface area (Å²) in [6.07, 6.45) is 12.8. The molecule has 4 heterocycles. The van der Waals surface area contributed by atoms with Crippen LogP contribution in [0.25, 0.3) is 22.5 Å². The zero-order valence-electron chi connectivity index (χ0n) is 33.9. The second-order valence-electron chi connectivity index (χ2n) is 18.2. The van der Waals surface area contributed by atoms with Crippen LogP contribution >= 0.6 is 58.0 Å². The summed E-state index contributed by atoms with van der Waals surface area (Å²) in [4.78, 5) is 0. The number of aromatic nitrogens is 2. The number of rotatable bonds is 8. The van der Waals surface area contributed by atoms with Crippen molar-refractivity contribution in [3.05, 3.63) is 79.1 Å². The predicted octanol–water partition coefficient (Wildman–Crippen LogP) is 12.1. The Kier molecular flexibility index (Phi) is 12.5. The summed E-state index contributed by atoms with van der Waals surface area (Å²) in [6.45, 7) is 3.44. The summed E-state index contributed by atoms with van der Waals surface area (Å²) in [7, 11) is 0. The highest BCUT2D eigenvalue weighted by Gasteiger charge is 2.54. The molecule has 328 valence electrons. The molecule has 2 aromatic heterocycles. The largest absolute Gasteiger partial charge is 0.393 e. The summed E-state index contributed by atoms with van der Waals surface area (Å²) < 4.78 is 40.8. The van der Waals surface area contributed by atoms with Crippen molar-refractivity contribution in [1.82, 2.24) is 10.3 Å². The topological polar surface area (TPSA) is 118 Å². The Labute approximate surface area is 381 Å². The monoisotopic (exact) mass is 934 g/mol. The van der Waals surface area contributed by atoms with Gasteiger partial charge in [0.25, 0.3) is 0 Å². The van der Waals surface area contributed by atoms with Crippen molar-refractivity contribution >= 4 is 58.0 Å². The van der Waals surface area contributed by atoms with Gasteiger partial charge in [-0.2, -0.15) is 0 Å². The molecule has 2 unspecified atom stereocenters.